The Balaban J connectivity index is 1.42. The van der Waals surface area contributed by atoms with Gasteiger partial charge in [-0.3, -0.25) is 4.79 Å². The number of hydrogen-bond donors (Lipinski definition) is 1. The molecule has 4 rings (SSSR count). The molecule has 154 valence electrons. The van der Waals surface area contributed by atoms with Gasteiger partial charge in [0.2, 0.25) is 0 Å². The molecule has 7 nitrogen and oxygen atoms in total. The van der Waals surface area contributed by atoms with Gasteiger partial charge in [0.25, 0.3) is 5.91 Å². The Hall–Kier alpha value is -3.62. The van der Waals surface area contributed by atoms with Gasteiger partial charge in [-0.05, 0) is 36.2 Å². The number of anilines is 2. The van der Waals surface area contributed by atoms with Gasteiger partial charge in [-0.1, -0.05) is 6.92 Å². The van der Waals surface area contributed by atoms with Crippen LogP contribution >= 0.6 is 0 Å². The minimum absolute atomic E-state index is 0.174. The number of aryl methyl sites for hydroxylation is 1. The second kappa shape index (κ2) is 8.40. The Bertz CT molecular complexity index is 1070. The zero-order chi connectivity index (χ0) is 21.1. The van der Waals surface area contributed by atoms with E-state index in [1.165, 1.54) is 18.5 Å². The first-order valence-corrected chi connectivity index (χ1v) is 9.47. The number of nitrogens with one attached hydrogen (secondary N) is 1. The minimum Gasteiger partial charge on any atom is -0.487 e. The monoisotopic (exact) mass is 411 g/mol. The SMILES string of the molecule is CCc1ccnc(NC(=O)c2nccnc2N2CC(Oc3ccc(F)c(F)c3)C2)c1. The van der Waals surface area contributed by atoms with Crippen molar-refractivity contribution in [1.29, 1.82) is 0 Å². The lowest BCUT2D eigenvalue weighted by Gasteiger charge is -2.40. The number of aromatic nitrogens is 3. The summed E-state index contributed by atoms with van der Waals surface area (Å²) in [5, 5.41) is 2.75. The number of pyridine rings is 1. The van der Waals surface area contributed by atoms with Crippen LogP contribution < -0.4 is 15.0 Å². The smallest absolute Gasteiger partial charge is 0.279 e. The summed E-state index contributed by atoms with van der Waals surface area (Å²) in [7, 11) is 0. The van der Waals surface area contributed by atoms with Crippen molar-refractivity contribution in [3.63, 3.8) is 0 Å². The van der Waals surface area contributed by atoms with Crippen molar-refractivity contribution in [1.82, 2.24) is 15.0 Å². The Morgan fingerprint density at radius 1 is 1.10 bits per heavy atom. The van der Waals surface area contributed by atoms with Crippen LogP contribution in [0.15, 0.2) is 48.9 Å². The van der Waals surface area contributed by atoms with Crippen molar-refractivity contribution in [3.8, 4) is 5.75 Å². The van der Waals surface area contributed by atoms with Gasteiger partial charge in [0, 0.05) is 24.7 Å². The molecule has 1 aromatic carbocycles. The number of amides is 1. The molecule has 1 N–H and O–H groups in total. The van der Waals surface area contributed by atoms with E-state index in [0.717, 1.165) is 24.1 Å². The molecule has 3 aromatic rings. The lowest BCUT2D eigenvalue weighted by atomic mass is 10.1. The zero-order valence-electron chi connectivity index (χ0n) is 16.2. The highest BCUT2D eigenvalue weighted by molar-refractivity contribution is 6.05. The van der Waals surface area contributed by atoms with Crippen molar-refractivity contribution < 1.29 is 18.3 Å². The van der Waals surface area contributed by atoms with Gasteiger partial charge in [-0.15, -0.1) is 0 Å². The van der Waals surface area contributed by atoms with E-state index in [4.69, 9.17) is 4.74 Å². The summed E-state index contributed by atoms with van der Waals surface area (Å²) in [5.74, 6) is -1.18. The maximum atomic E-state index is 13.3. The molecule has 1 fully saturated rings. The molecule has 1 aliphatic heterocycles. The van der Waals surface area contributed by atoms with Crippen molar-refractivity contribution in [2.45, 2.75) is 19.4 Å². The largest absolute Gasteiger partial charge is 0.487 e. The molecule has 0 radical (unpaired) electrons. The van der Waals surface area contributed by atoms with Crippen molar-refractivity contribution in [2.24, 2.45) is 0 Å². The van der Waals surface area contributed by atoms with Gasteiger partial charge in [-0.25, -0.2) is 23.7 Å². The Labute approximate surface area is 171 Å². The molecule has 0 spiro atoms. The maximum Gasteiger partial charge on any atom is 0.279 e. The Morgan fingerprint density at radius 2 is 1.90 bits per heavy atom. The number of ether oxygens (including phenoxy) is 1. The van der Waals surface area contributed by atoms with E-state index in [1.54, 1.807) is 6.20 Å². The van der Waals surface area contributed by atoms with Crippen LogP contribution in [0.2, 0.25) is 0 Å². The average molecular weight is 411 g/mol. The summed E-state index contributed by atoms with van der Waals surface area (Å²) in [6.45, 7) is 2.88. The van der Waals surface area contributed by atoms with Gasteiger partial charge in [-0.2, -0.15) is 0 Å². The molecule has 1 aliphatic rings. The number of halogens is 2. The number of hydrogen-bond acceptors (Lipinski definition) is 6. The van der Waals surface area contributed by atoms with Crippen LogP contribution in [0.3, 0.4) is 0 Å². The number of benzene rings is 1. The maximum absolute atomic E-state index is 13.3. The van der Waals surface area contributed by atoms with Gasteiger partial charge >= 0.3 is 0 Å². The van der Waals surface area contributed by atoms with Crippen LogP contribution in [0.5, 0.6) is 5.75 Å². The van der Waals surface area contributed by atoms with Gasteiger partial charge in [0.1, 0.15) is 17.7 Å². The minimum atomic E-state index is -0.961. The zero-order valence-corrected chi connectivity index (χ0v) is 16.2. The first-order chi connectivity index (χ1) is 14.5. The van der Waals surface area contributed by atoms with Crippen molar-refractivity contribution in [2.75, 3.05) is 23.3 Å². The molecule has 0 unspecified atom stereocenters. The third-order valence-electron chi connectivity index (χ3n) is 4.71. The summed E-state index contributed by atoms with van der Waals surface area (Å²) in [5.41, 5.74) is 1.23. The lowest BCUT2D eigenvalue weighted by Crippen LogP contribution is -2.54. The number of rotatable bonds is 6. The number of carbonyl (C=O) groups excluding carboxylic acids is 1. The predicted molar refractivity (Wildman–Crippen MR) is 107 cm³/mol. The third-order valence-corrected chi connectivity index (χ3v) is 4.71. The molecule has 2 aromatic heterocycles. The molecule has 1 amide bonds. The molecule has 9 heteroatoms. The van der Waals surface area contributed by atoms with Gasteiger partial charge < -0.3 is 15.0 Å². The van der Waals surface area contributed by atoms with Gasteiger partial charge in [0.05, 0.1) is 13.1 Å². The summed E-state index contributed by atoms with van der Waals surface area (Å²) in [4.78, 5) is 27.2. The van der Waals surface area contributed by atoms with Crippen molar-refractivity contribution >= 4 is 17.5 Å². The first kappa shape index (κ1) is 19.7. The average Bonchev–Trinajstić information content (AvgIpc) is 2.73. The standard InChI is InChI=1S/C21H19F2N5O2/c1-2-13-5-6-24-18(9-13)27-21(29)19-20(26-8-7-25-19)28-11-15(12-28)30-14-3-4-16(22)17(23)10-14/h3-10,15H,2,11-12H2,1H3,(H,24,27,29). The second-order valence-corrected chi connectivity index (χ2v) is 6.81. The Morgan fingerprint density at radius 3 is 2.67 bits per heavy atom. The lowest BCUT2D eigenvalue weighted by molar-refractivity contribution is 0.102. The van der Waals surface area contributed by atoms with E-state index in [0.29, 0.717) is 24.7 Å². The highest BCUT2D eigenvalue weighted by Crippen LogP contribution is 2.26. The van der Waals surface area contributed by atoms with E-state index < -0.39 is 17.5 Å². The van der Waals surface area contributed by atoms with E-state index in [9.17, 15) is 13.6 Å². The molecule has 0 aliphatic carbocycles. The van der Waals surface area contributed by atoms with E-state index in [2.05, 4.69) is 20.3 Å². The van der Waals surface area contributed by atoms with E-state index in [-0.39, 0.29) is 17.5 Å². The van der Waals surface area contributed by atoms with Crippen LogP contribution in [0.25, 0.3) is 0 Å². The number of nitrogens with zero attached hydrogens (tertiary/aromatic N) is 4. The fourth-order valence-corrected chi connectivity index (χ4v) is 3.09. The predicted octanol–water partition coefficient (Wildman–Crippen LogP) is 3.23. The normalized spacial score (nSPS) is 13.6. The first-order valence-electron chi connectivity index (χ1n) is 9.47. The fourth-order valence-electron chi connectivity index (χ4n) is 3.09. The Kier molecular flexibility index (Phi) is 5.51. The summed E-state index contributed by atoms with van der Waals surface area (Å²) in [6, 6.07) is 7.10. The van der Waals surface area contributed by atoms with E-state index in [1.807, 2.05) is 24.0 Å². The summed E-state index contributed by atoms with van der Waals surface area (Å²) in [6.07, 6.45) is 5.18. The second-order valence-electron chi connectivity index (χ2n) is 6.81. The molecule has 30 heavy (non-hydrogen) atoms. The van der Waals surface area contributed by atoms with Crippen LogP contribution in [-0.2, 0) is 6.42 Å². The van der Waals surface area contributed by atoms with Crippen LogP contribution in [0.4, 0.5) is 20.4 Å². The molecule has 0 saturated carbocycles. The molecule has 3 heterocycles. The highest BCUT2D eigenvalue weighted by Gasteiger charge is 2.33. The third kappa shape index (κ3) is 4.19. The summed E-state index contributed by atoms with van der Waals surface area (Å²) >= 11 is 0. The fraction of sp³-hybridized carbons (Fsp3) is 0.238. The quantitative estimate of drug-likeness (QED) is 0.671. The topological polar surface area (TPSA) is 80.2 Å². The van der Waals surface area contributed by atoms with Crippen LogP contribution in [0, 0.1) is 11.6 Å². The van der Waals surface area contributed by atoms with Crippen molar-refractivity contribution in [3.05, 3.63) is 71.8 Å². The molecular formula is C21H19F2N5O2. The van der Waals surface area contributed by atoms with Gasteiger partial charge in [0.15, 0.2) is 23.1 Å². The molecule has 1 saturated heterocycles. The molecule has 0 bridgehead atoms. The molecular weight excluding hydrogens is 392 g/mol. The molecule has 0 atom stereocenters. The van der Waals surface area contributed by atoms with Crippen LogP contribution in [-0.4, -0.2) is 40.1 Å². The summed E-state index contributed by atoms with van der Waals surface area (Å²) < 4.78 is 32.0. The van der Waals surface area contributed by atoms with E-state index >= 15 is 0 Å². The van der Waals surface area contributed by atoms with Crippen LogP contribution in [0.1, 0.15) is 23.0 Å². The number of carbonyl (C=O) groups is 1. The highest BCUT2D eigenvalue weighted by atomic mass is 19.2.